The van der Waals surface area contributed by atoms with Crippen LogP contribution in [0.4, 0.5) is 5.69 Å². The van der Waals surface area contributed by atoms with Gasteiger partial charge in [0.2, 0.25) is 0 Å². The van der Waals surface area contributed by atoms with Gasteiger partial charge in [-0.05, 0) is 76.7 Å². The van der Waals surface area contributed by atoms with E-state index in [0.717, 1.165) is 72.8 Å². The fourth-order valence-corrected chi connectivity index (χ4v) is 7.19. The Kier molecular flexibility index (Phi) is 7.59. The Hall–Kier alpha value is -5.19. The minimum atomic E-state index is -0.0966. The van der Waals surface area contributed by atoms with Gasteiger partial charge in [-0.15, -0.1) is 0 Å². The number of halogens is 1. The zero-order chi connectivity index (χ0) is 31.9. The van der Waals surface area contributed by atoms with E-state index in [1.54, 1.807) is 4.40 Å². The number of unbranched alkanes of at least 4 members (excludes halogenated alkanes) is 3. The predicted molar refractivity (Wildman–Crippen MR) is 199 cm³/mol. The number of hydrogen-bond donors (Lipinski definition) is 1. The smallest absolute Gasteiger partial charge is 0.264 e. The number of aromatic nitrogens is 2. The largest absolute Gasteiger partial charge is 0.385 e. The van der Waals surface area contributed by atoms with Gasteiger partial charge in [-0.25, -0.2) is 4.98 Å². The van der Waals surface area contributed by atoms with E-state index in [9.17, 15) is 4.79 Å². The summed E-state index contributed by atoms with van der Waals surface area (Å²) >= 11 is 6.98. The fraction of sp³-hybridized carbons (Fsp3) is 0.143. The predicted octanol–water partition coefficient (Wildman–Crippen LogP) is 11.2. The maximum Gasteiger partial charge on any atom is 0.264 e. The number of anilines is 1. The molecule has 0 aliphatic heterocycles. The lowest BCUT2D eigenvalue weighted by Gasteiger charge is -2.14. The van der Waals surface area contributed by atoms with Crippen molar-refractivity contribution in [3.05, 3.63) is 137 Å². The second-order valence-corrected chi connectivity index (χ2v) is 12.7. The van der Waals surface area contributed by atoms with Crippen LogP contribution in [0.1, 0.15) is 32.6 Å². The molecule has 0 spiro atoms. The quantitative estimate of drug-likeness (QED) is 0.161. The highest BCUT2D eigenvalue weighted by Gasteiger charge is 2.22. The summed E-state index contributed by atoms with van der Waals surface area (Å²) in [5.74, 6) is 0. The molecule has 1 N–H and O–H groups in total. The van der Waals surface area contributed by atoms with Gasteiger partial charge in [-0.3, -0.25) is 9.20 Å². The van der Waals surface area contributed by atoms with Crippen LogP contribution in [0.2, 0.25) is 5.02 Å². The molecule has 0 atom stereocenters. The molecule has 0 fully saturated rings. The van der Waals surface area contributed by atoms with E-state index in [1.807, 2.05) is 60.7 Å². The van der Waals surface area contributed by atoms with Crippen LogP contribution in [-0.4, -0.2) is 15.9 Å². The monoisotopic (exact) mass is 631 g/mol. The molecule has 0 unspecified atom stereocenters. The summed E-state index contributed by atoms with van der Waals surface area (Å²) in [4.78, 5) is 19.7. The zero-order valence-corrected chi connectivity index (χ0v) is 27.0. The minimum Gasteiger partial charge on any atom is -0.385 e. The molecule has 0 aliphatic rings. The molecule has 0 amide bonds. The molecular weight excluding hydrogens is 598 g/mol. The number of nitrogens with zero attached hydrogens (tertiary/aromatic N) is 2. The molecule has 6 aromatic carbocycles. The maximum atomic E-state index is 14.5. The normalized spacial score (nSPS) is 11.7. The molecule has 0 aliphatic carbocycles. The van der Waals surface area contributed by atoms with E-state index < -0.39 is 0 Å². The van der Waals surface area contributed by atoms with E-state index in [0.29, 0.717) is 16.1 Å². The van der Waals surface area contributed by atoms with Crippen LogP contribution in [0.5, 0.6) is 0 Å². The van der Waals surface area contributed by atoms with Crippen LogP contribution in [0.3, 0.4) is 0 Å². The van der Waals surface area contributed by atoms with Crippen molar-refractivity contribution in [3.63, 3.8) is 0 Å². The fourth-order valence-electron chi connectivity index (χ4n) is 6.93. The maximum absolute atomic E-state index is 14.5. The minimum absolute atomic E-state index is 0.0966. The van der Waals surface area contributed by atoms with Crippen molar-refractivity contribution in [1.82, 2.24) is 9.38 Å². The Morgan fingerprint density at radius 1 is 0.660 bits per heavy atom. The Bertz CT molecular complexity index is 2440. The molecule has 0 saturated heterocycles. The molecule has 0 saturated carbocycles. The highest BCUT2D eigenvalue weighted by Crippen LogP contribution is 2.41. The Balaban J connectivity index is 1.33. The standard InChI is InChI=1S/C42H34ClN3O/c1-2-3-4-11-24-44-31-18-16-29(17-19-31)32-20-21-34-38-33(22-23-36(43)39(32)38)41-45-40-35(28-14-9-6-10-15-28)25-30(27-12-7-5-8-13-27)26-37(40)46(41)42(34)47/h5-10,12-23,25-26,44H,2-4,11,24H2,1H3. The molecule has 0 radical (unpaired) electrons. The molecule has 2 aromatic heterocycles. The molecule has 0 bridgehead atoms. The number of hydrogen-bond acceptors (Lipinski definition) is 3. The van der Waals surface area contributed by atoms with Crippen LogP contribution in [0.15, 0.2) is 126 Å². The second-order valence-electron chi connectivity index (χ2n) is 12.3. The molecular formula is C42H34ClN3O. The number of imidazole rings is 1. The number of fused-ring (bicyclic) bond motifs is 4. The zero-order valence-electron chi connectivity index (χ0n) is 26.3. The van der Waals surface area contributed by atoms with Gasteiger partial charge in [0.05, 0.1) is 11.0 Å². The van der Waals surface area contributed by atoms with Gasteiger partial charge in [0.15, 0.2) is 0 Å². The van der Waals surface area contributed by atoms with Gasteiger partial charge in [0.25, 0.3) is 5.56 Å². The van der Waals surface area contributed by atoms with Gasteiger partial charge in [0, 0.05) is 44.4 Å². The summed E-state index contributed by atoms with van der Waals surface area (Å²) in [6, 6.07) is 41.3. The lowest BCUT2D eigenvalue weighted by Crippen LogP contribution is -2.13. The van der Waals surface area contributed by atoms with Crippen LogP contribution in [-0.2, 0) is 0 Å². The first-order valence-corrected chi connectivity index (χ1v) is 16.8. The van der Waals surface area contributed by atoms with Crippen LogP contribution < -0.4 is 10.9 Å². The van der Waals surface area contributed by atoms with E-state index in [2.05, 4.69) is 72.9 Å². The molecule has 2 heterocycles. The summed E-state index contributed by atoms with van der Waals surface area (Å²) in [6.07, 6.45) is 4.92. The Morgan fingerprint density at radius 3 is 2.11 bits per heavy atom. The average molecular weight is 632 g/mol. The molecule has 4 nitrogen and oxygen atoms in total. The first-order chi connectivity index (χ1) is 23.1. The van der Waals surface area contributed by atoms with Crippen molar-refractivity contribution >= 4 is 55.5 Å². The van der Waals surface area contributed by atoms with Gasteiger partial charge < -0.3 is 5.32 Å². The van der Waals surface area contributed by atoms with E-state index >= 15 is 0 Å². The summed E-state index contributed by atoms with van der Waals surface area (Å²) in [6.45, 7) is 3.20. The van der Waals surface area contributed by atoms with E-state index in [-0.39, 0.29) is 5.56 Å². The molecule has 8 aromatic rings. The SMILES string of the molecule is CCCCCCNc1ccc(-c2ccc3c(=O)n4c5cc(-c6ccccc6)cc(-c6ccccc6)c5nc4c4ccc(Cl)c2c34)cc1. The van der Waals surface area contributed by atoms with Gasteiger partial charge in [0.1, 0.15) is 5.65 Å². The third kappa shape index (κ3) is 5.10. The van der Waals surface area contributed by atoms with E-state index in [4.69, 9.17) is 16.6 Å². The number of pyridine rings is 1. The topological polar surface area (TPSA) is 46.4 Å². The number of rotatable bonds is 9. The second kappa shape index (κ2) is 12.2. The lowest BCUT2D eigenvalue weighted by molar-refractivity contribution is 0.685. The van der Waals surface area contributed by atoms with Crippen molar-refractivity contribution in [2.24, 2.45) is 0 Å². The summed E-state index contributed by atoms with van der Waals surface area (Å²) in [5, 5.41) is 7.43. The first kappa shape index (κ1) is 29.2. The van der Waals surface area contributed by atoms with Crippen LogP contribution in [0, 0.1) is 0 Å². The summed E-state index contributed by atoms with van der Waals surface area (Å²) in [5.41, 5.74) is 9.46. The Labute approximate surface area is 278 Å². The van der Waals surface area contributed by atoms with Crippen molar-refractivity contribution in [2.45, 2.75) is 32.6 Å². The Morgan fingerprint density at radius 2 is 1.36 bits per heavy atom. The average Bonchev–Trinajstić information content (AvgIpc) is 3.51. The van der Waals surface area contributed by atoms with Crippen molar-refractivity contribution < 1.29 is 0 Å². The number of benzene rings is 6. The van der Waals surface area contributed by atoms with Crippen molar-refractivity contribution in [2.75, 3.05) is 11.9 Å². The van der Waals surface area contributed by atoms with Gasteiger partial charge in [-0.2, -0.15) is 0 Å². The first-order valence-electron chi connectivity index (χ1n) is 16.4. The molecule has 230 valence electrons. The lowest BCUT2D eigenvalue weighted by atomic mass is 9.94. The summed E-state index contributed by atoms with van der Waals surface area (Å²) < 4.78 is 1.79. The highest BCUT2D eigenvalue weighted by atomic mass is 35.5. The van der Waals surface area contributed by atoms with Crippen molar-refractivity contribution in [1.29, 1.82) is 0 Å². The van der Waals surface area contributed by atoms with Crippen molar-refractivity contribution in [3.8, 4) is 33.4 Å². The number of nitrogens with one attached hydrogen (secondary N) is 1. The third-order valence-electron chi connectivity index (χ3n) is 9.29. The van der Waals surface area contributed by atoms with E-state index in [1.165, 1.54) is 25.7 Å². The molecule has 47 heavy (non-hydrogen) atoms. The van der Waals surface area contributed by atoms with Gasteiger partial charge in [-0.1, -0.05) is 117 Å². The summed E-state index contributed by atoms with van der Waals surface area (Å²) in [7, 11) is 0. The van der Waals surface area contributed by atoms with Crippen LogP contribution >= 0.6 is 11.6 Å². The van der Waals surface area contributed by atoms with Gasteiger partial charge >= 0.3 is 0 Å². The van der Waals surface area contributed by atoms with Crippen LogP contribution in [0.25, 0.3) is 71.6 Å². The molecule has 8 rings (SSSR count). The third-order valence-corrected chi connectivity index (χ3v) is 9.61. The molecule has 5 heteroatoms. The highest BCUT2D eigenvalue weighted by molar-refractivity contribution is 6.39.